The van der Waals surface area contributed by atoms with E-state index in [0.717, 1.165) is 5.75 Å². The van der Waals surface area contributed by atoms with Crippen molar-refractivity contribution in [2.75, 3.05) is 26.7 Å². The number of nitrogens with zero attached hydrogens (tertiary/aromatic N) is 3. The van der Waals surface area contributed by atoms with Gasteiger partial charge in [-0.1, -0.05) is 23.4 Å². The molecule has 1 amide bonds. The minimum atomic E-state index is -0.0700. The molecule has 0 saturated heterocycles. The Bertz CT molecular complexity index is 585. The number of aryl methyl sites for hydroxylation is 1. The number of ether oxygens (including phenoxy) is 1. The first-order valence-corrected chi connectivity index (χ1v) is 7.06. The van der Waals surface area contributed by atoms with E-state index in [4.69, 9.17) is 9.26 Å². The van der Waals surface area contributed by atoms with E-state index in [1.165, 1.54) is 0 Å². The molecule has 7 heteroatoms. The summed E-state index contributed by atoms with van der Waals surface area (Å²) in [7, 11) is 1.83. The maximum absolute atomic E-state index is 11.8. The minimum absolute atomic E-state index is 0.0700. The molecule has 1 aromatic heterocycles. The molecule has 0 radical (unpaired) electrons. The normalized spacial score (nSPS) is 10.7. The van der Waals surface area contributed by atoms with Gasteiger partial charge in [0.2, 0.25) is 11.8 Å². The Morgan fingerprint density at radius 1 is 1.36 bits per heavy atom. The Morgan fingerprint density at radius 3 is 2.82 bits per heavy atom. The monoisotopic (exact) mass is 304 g/mol. The molecule has 1 heterocycles. The van der Waals surface area contributed by atoms with Gasteiger partial charge in [0, 0.05) is 6.92 Å². The van der Waals surface area contributed by atoms with Crippen LogP contribution in [0, 0.1) is 6.92 Å². The predicted octanol–water partition coefficient (Wildman–Crippen LogP) is 1.01. The number of para-hydroxylation sites is 1. The number of likely N-dealkylation sites (N-methyl/N-ethyl adjacent to an activating group) is 1. The van der Waals surface area contributed by atoms with Crippen molar-refractivity contribution < 1.29 is 14.1 Å². The van der Waals surface area contributed by atoms with E-state index in [-0.39, 0.29) is 12.5 Å². The molecule has 0 aliphatic carbocycles. The molecule has 22 heavy (non-hydrogen) atoms. The van der Waals surface area contributed by atoms with Crippen molar-refractivity contribution in [3.63, 3.8) is 0 Å². The van der Waals surface area contributed by atoms with Gasteiger partial charge >= 0.3 is 0 Å². The van der Waals surface area contributed by atoms with Gasteiger partial charge in [0.15, 0.2) is 5.82 Å². The highest BCUT2D eigenvalue weighted by atomic mass is 16.5. The molecule has 0 atom stereocenters. The SMILES string of the molecule is Cc1nc(CN(C)CC(=O)NCCOc2ccccc2)no1. The summed E-state index contributed by atoms with van der Waals surface area (Å²) in [4.78, 5) is 17.7. The summed E-state index contributed by atoms with van der Waals surface area (Å²) in [6, 6.07) is 9.49. The van der Waals surface area contributed by atoms with E-state index >= 15 is 0 Å². The number of carbonyl (C=O) groups is 1. The van der Waals surface area contributed by atoms with Crippen molar-refractivity contribution in [1.82, 2.24) is 20.4 Å². The summed E-state index contributed by atoms with van der Waals surface area (Å²) in [5, 5.41) is 6.60. The van der Waals surface area contributed by atoms with Gasteiger partial charge in [-0.3, -0.25) is 9.69 Å². The molecule has 118 valence electrons. The zero-order valence-electron chi connectivity index (χ0n) is 12.8. The van der Waals surface area contributed by atoms with E-state index in [2.05, 4.69) is 15.5 Å². The summed E-state index contributed by atoms with van der Waals surface area (Å²) < 4.78 is 10.4. The Morgan fingerprint density at radius 2 is 2.14 bits per heavy atom. The zero-order valence-corrected chi connectivity index (χ0v) is 12.8. The lowest BCUT2D eigenvalue weighted by Gasteiger charge is -2.14. The summed E-state index contributed by atoms with van der Waals surface area (Å²) >= 11 is 0. The Labute approximate surface area is 129 Å². The van der Waals surface area contributed by atoms with Crippen molar-refractivity contribution in [1.29, 1.82) is 0 Å². The molecule has 0 bridgehead atoms. The molecule has 0 aliphatic rings. The van der Waals surface area contributed by atoms with Crippen molar-refractivity contribution in [3.8, 4) is 5.75 Å². The molecule has 0 unspecified atom stereocenters. The van der Waals surface area contributed by atoms with Gasteiger partial charge in [-0.05, 0) is 19.2 Å². The van der Waals surface area contributed by atoms with Crippen LogP contribution in [0.4, 0.5) is 0 Å². The van der Waals surface area contributed by atoms with Crippen LogP contribution in [0.3, 0.4) is 0 Å². The van der Waals surface area contributed by atoms with Gasteiger partial charge in [0.05, 0.1) is 19.6 Å². The van der Waals surface area contributed by atoms with Gasteiger partial charge in [-0.2, -0.15) is 4.98 Å². The van der Waals surface area contributed by atoms with Gasteiger partial charge < -0.3 is 14.6 Å². The molecule has 0 fully saturated rings. The second kappa shape index (κ2) is 8.14. The molecule has 1 aromatic carbocycles. The van der Waals surface area contributed by atoms with Gasteiger partial charge in [0.1, 0.15) is 12.4 Å². The summed E-state index contributed by atoms with van der Waals surface area (Å²) in [5.41, 5.74) is 0. The van der Waals surface area contributed by atoms with Crippen molar-refractivity contribution >= 4 is 5.91 Å². The fraction of sp³-hybridized carbons (Fsp3) is 0.400. The predicted molar refractivity (Wildman–Crippen MR) is 80.3 cm³/mol. The number of hydrogen-bond acceptors (Lipinski definition) is 6. The number of amides is 1. The first-order chi connectivity index (χ1) is 10.6. The smallest absolute Gasteiger partial charge is 0.234 e. The molecule has 0 spiro atoms. The Hall–Kier alpha value is -2.41. The van der Waals surface area contributed by atoms with E-state index < -0.39 is 0 Å². The molecule has 0 saturated carbocycles. The molecule has 7 nitrogen and oxygen atoms in total. The molecule has 0 aliphatic heterocycles. The first-order valence-electron chi connectivity index (χ1n) is 7.06. The third-order valence-corrected chi connectivity index (χ3v) is 2.83. The van der Waals surface area contributed by atoms with Crippen molar-refractivity contribution in [2.24, 2.45) is 0 Å². The number of rotatable bonds is 8. The summed E-state index contributed by atoms with van der Waals surface area (Å²) in [5.74, 6) is 1.81. The van der Waals surface area contributed by atoms with Crippen LogP contribution < -0.4 is 10.1 Å². The van der Waals surface area contributed by atoms with E-state index in [0.29, 0.717) is 31.4 Å². The highest BCUT2D eigenvalue weighted by Crippen LogP contribution is 2.07. The third kappa shape index (κ3) is 5.53. The summed E-state index contributed by atoms with van der Waals surface area (Å²) in [6.45, 7) is 3.35. The maximum Gasteiger partial charge on any atom is 0.234 e. The lowest BCUT2D eigenvalue weighted by atomic mass is 10.3. The van der Waals surface area contributed by atoms with Crippen LogP contribution >= 0.6 is 0 Å². The van der Waals surface area contributed by atoms with Gasteiger partial charge in [-0.15, -0.1) is 0 Å². The molecule has 2 aromatic rings. The Balaban J connectivity index is 1.61. The number of aromatic nitrogens is 2. The highest BCUT2D eigenvalue weighted by Gasteiger charge is 2.10. The van der Waals surface area contributed by atoms with E-state index in [1.807, 2.05) is 42.3 Å². The first kappa shape index (κ1) is 16.0. The van der Waals surface area contributed by atoms with Crippen LogP contribution in [-0.4, -0.2) is 47.7 Å². The topological polar surface area (TPSA) is 80.5 Å². The molecule has 1 N–H and O–H groups in total. The largest absolute Gasteiger partial charge is 0.492 e. The maximum atomic E-state index is 11.8. The van der Waals surface area contributed by atoms with Crippen LogP contribution in [0.2, 0.25) is 0 Å². The molecular formula is C15H20N4O3. The van der Waals surface area contributed by atoms with Crippen molar-refractivity contribution in [2.45, 2.75) is 13.5 Å². The van der Waals surface area contributed by atoms with Crippen molar-refractivity contribution in [3.05, 3.63) is 42.0 Å². The van der Waals surface area contributed by atoms with Gasteiger partial charge in [-0.25, -0.2) is 0 Å². The summed E-state index contributed by atoms with van der Waals surface area (Å²) in [6.07, 6.45) is 0. The van der Waals surface area contributed by atoms with Crippen LogP contribution in [0.15, 0.2) is 34.9 Å². The van der Waals surface area contributed by atoms with E-state index in [1.54, 1.807) is 6.92 Å². The number of nitrogens with one attached hydrogen (secondary N) is 1. The second-order valence-corrected chi connectivity index (χ2v) is 4.91. The van der Waals surface area contributed by atoms with Crippen LogP contribution in [0.1, 0.15) is 11.7 Å². The standard InChI is InChI=1S/C15H20N4O3/c1-12-17-14(18-22-12)10-19(2)11-15(20)16-8-9-21-13-6-4-3-5-7-13/h3-7H,8-11H2,1-2H3,(H,16,20). The minimum Gasteiger partial charge on any atom is -0.492 e. The average molecular weight is 304 g/mol. The van der Waals surface area contributed by atoms with Crippen LogP contribution in [0.25, 0.3) is 0 Å². The zero-order chi connectivity index (χ0) is 15.8. The second-order valence-electron chi connectivity index (χ2n) is 4.91. The highest BCUT2D eigenvalue weighted by molar-refractivity contribution is 5.77. The van der Waals surface area contributed by atoms with Crippen LogP contribution in [-0.2, 0) is 11.3 Å². The average Bonchev–Trinajstić information content (AvgIpc) is 2.89. The number of hydrogen-bond donors (Lipinski definition) is 1. The number of carbonyl (C=O) groups excluding carboxylic acids is 1. The lowest BCUT2D eigenvalue weighted by molar-refractivity contribution is -0.122. The quantitative estimate of drug-likeness (QED) is 0.733. The van der Waals surface area contributed by atoms with E-state index in [9.17, 15) is 4.79 Å². The third-order valence-electron chi connectivity index (χ3n) is 2.83. The Kier molecular flexibility index (Phi) is 5.91. The molecule has 2 rings (SSSR count). The fourth-order valence-electron chi connectivity index (χ4n) is 1.88. The fourth-order valence-corrected chi connectivity index (χ4v) is 1.88. The molecular weight excluding hydrogens is 284 g/mol. The van der Waals surface area contributed by atoms with Gasteiger partial charge in [0.25, 0.3) is 0 Å². The number of benzene rings is 1. The van der Waals surface area contributed by atoms with Crippen LogP contribution in [0.5, 0.6) is 5.75 Å². The lowest BCUT2D eigenvalue weighted by Crippen LogP contribution is -2.36.